The summed E-state index contributed by atoms with van der Waals surface area (Å²) < 4.78 is 2.51. The number of para-hydroxylation sites is 1. The third-order valence-corrected chi connectivity index (χ3v) is 14.2. The maximum absolute atomic E-state index is 2.69. The fourth-order valence-corrected chi connectivity index (χ4v) is 12.6. The molecule has 3 aliphatic carbocycles. The SMILES string of the molecule is CN1C2C(=Cc3ccccc32)C2=CC=CC([Si](C)(C)C3c4ccccc4-c4c3n(C)c3ccccc43)C21. The van der Waals surface area contributed by atoms with Crippen molar-refractivity contribution in [1.82, 2.24) is 9.47 Å². The Kier molecular flexibility index (Phi) is 4.30. The van der Waals surface area contributed by atoms with Gasteiger partial charge in [-0.05, 0) is 58.1 Å². The zero-order valence-electron chi connectivity index (χ0n) is 21.9. The van der Waals surface area contributed by atoms with Crippen molar-refractivity contribution in [2.75, 3.05) is 7.05 Å². The normalized spacial score (nSPS) is 25.4. The predicted octanol–water partition coefficient (Wildman–Crippen LogP) is 7.86. The van der Waals surface area contributed by atoms with Gasteiger partial charge in [-0.3, -0.25) is 4.90 Å². The maximum Gasteiger partial charge on any atom is 0.0715 e. The molecule has 4 aliphatic rings. The van der Waals surface area contributed by atoms with Crippen molar-refractivity contribution in [2.24, 2.45) is 7.05 Å². The van der Waals surface area contributed by atoms with Crippen molar-refractivity contribution in [3.63, 3.8) is 0 Å². The lowest BCUT2D eigenvalue weighted by molar-refractivity contribution is 0.264. The molecule has 3 heteroatoms. The van der Waals surface area contributed by atoms with E-state index >= 15 is 0 Å². The molecule has 1 fully saturated rings. The molecule has 8 rings (SSSR count). The van der Waals surface area contributed by atoms with Crippen molar-refractivity contribution in [3.05, 3.63) is 125 Å². The molecule has 1 aliphatic heterocycles. The summed E-state index contributed by atoms with van der Waals surface area (Å²) in [6, 6.07) is 28.0. The van der Waals surface area contributed by atoms with E-state index in [4.69, 9.17) is 0 Å². The van der Waals surface area contributed by atoms with Crippen LogP contribution in [0, 0.1) is 0 Å². The molecule has 0 saturated carbocycles. The Morgan fingerprint density at radius 3 is 2.38 bits per heavy atom. The zero-order chi connectivity index (χ0) is 25.1. The van der Waals surface area contributed by atoms with Crippen LogP contribution in [0.25, 0.3) is 28.1 Å². The third kappa shape index (κ3) is 2.64. The number of benzene rings is 3. The lowest BCUT2D eigenvalue weighted by Crippen LogP contribution is -2.49. The number of aryl methyl sites for hydroxylation is 1. The summed E-state index contributed by atoms with van der Waals surface area (Å²) in [5, 5.41) is 1.40. The van der Waals surface area contributed by atoms with Crippen LogP contribution in [-0.2, 0) is 7.05 Å². The van der Waals surface area contributed by atoms with E-state index in [1.54, 1.807) is 11.1 Å². The second-order valence-electron chi connectivity index (χ2n) is 12.0. The lowest BCUT2D eigenvalue weighted by Gasteiger charge is -2.44. The van der Waals surface area contributed by atoms with Crippen molar-refractivity contribution in [1.29, 1.82) is 0 Å². The fourth-order valence-electron chi connectivity index (χ4n) is 8.32. The van der Waals surface area contributed by atoms with Gasteiger partial charge in [0.2, 0.25) is 0 Å². The third-order valence-electron chi connectivity index (χ3n) is 9.90. The molecule has 182 valence electrons. The summed E-state index contributed by atoms with van der Waals surface area (Å²) in [6.45, 7) is 5.31. The lowest BCUT2D eigenvalue weighted by atomic mass is 9.95. The van der Waals surface area contributed by atoms with Crippen LogP contribution in [-0.4, -0.2) is 30.6 Å². The second kappa shape index (κ2) is 7.34. The fraction of sp³-hybridized carbons (Fsp3) is 0.235. The van der Waals surface area contributed by atoms with Gasteiger partial charge in [0.05, 0.1) is 14.1 Å². The molecular weight excluding hydrogens is 464 g/mol. The van der Waals surface area contributed by atoms with E-state index in [0.717, 1.165) is 0 Å². The van der Waals surface area contributed by atoms with Crippen LogP contribution in [0.3, 0.4) is 0 Å². The number of likely N-dealkylation sites (N-methyl/N-ethyl adjacent to an activating group) is 1. The Bertz CT molecular complexity index is 1710. The quantitative estimate of drug-likeness (QED) is 0.257. The number of hydrogen-bond donors (Lipinski definition) is 0. The summed E-state index contributed by atoms with van der Waals surface area (Å²) in [4.78, 5) is 2.69. The van der Waals surface area contributed by atoms with Gasteiger partial charge in [-0.15, -0.1) is 0 Å². The van der Waals surface area contributed by atoms with Gasteiger partial charge in [0.15, 0.2) is 0 Å². The zero-order valence-corrected chi connectivity index (χ0v) is 22.9. The minimum atomic E-state index is -1.95. The average Bonchev–Trinajstić information content (AvgIpc) is 3.62. The molecule has 1 aromatic heterocycles. The van der Waals surface area contributed by atoms with E-state index in [-0.39, 0.29) is 0 Å². The summed E-state index contributed by atoms with van der Waals surface area (Å²) in [6.07, 6.45) is 9.80. The largest absolute Gasteiger partial charge is 0.347 e. The summed E-state index contributed by atoms with van der Waals surface area (Å²) in [7, 11) is 2.71. The van der Waals surface area contributed by atoms with E-state index in [1.807, 2.05) is 0 Å². The molecule has 0 spiro atoms. The average molecular weight is 497 g/mol. The van der Waals surface area contributed by atoms with Crippen LogP contribution < -0.4 is 0 Å². The first-order chi connectivity index (χ1) is 18.0. The van der Waals surface area contributed by atoms with Gasteiger partial charge in [-0.25, -0.2) is 0 Å². The van der Waals surface area contributed by atoms with Gasteiger partial charge < -0.3 is 4.57 Å². The van der Waals surface area contributed by atoms with Gasteiger partial charge in [0.1, 0.15) is 0 Å². The highest BCUT2D eigenvalue weighted by Crippen LogP contribution is 2.60. The number of hydrogen-bond acceptors (Lipinski definition) is 1. The number of likely N-dealkylation sites (tertiary alicyclic amines) is 1. The Hall–Kier alpha value is -3.40. The standard InChI is InChI=1S/C34H32N2Si/c1-35-28-18-10-9-16-26(28)30-23-14-7-8-15-25(23)34(33(30)35)37(3,4)29-19-11-17-24-27-20-21-12-5-6-13-22(21)31(27)36(2)32(24)29/h5-20,29,31-32,34H,1-4H3. The molecule has 1 saturated heterocycles. The van der Waals surface area contributed by atoms with Gasteiger partial charge >= 0.3 is 0 Å². The number of nitrogens with zero attached hydrogens (tertiary/aromatic N) is 2. The van der Waals surface area contributed by atoms with Gasteiger partial charge in [0, 0.05) is 40.8 Å². The van der Waals surface area contributed by atoms with Gasteiger partial charge in [-0.2, -0.15) is 0 Å². The highest BCUT2D eigenvalue weighted by Gasteiger charge is 2.54. The highest BCUT2D eigenvalue weighted by atomic mass is 28.3. The van der Waals surface area contributed by atoms with Crippen molar-refractivity contribution < 1.29 is 0 Å². The predicted molar refractivity (Wildman–Crippen MR) is 157 cm³/mol. The number of rotatable bonds is 2. The minimum Gasteiger partial charge on any atom is -0.347 e. The van der Waals surface area contributed by atoms with Crippen molar-refractivity contribution >= 4 is 25.1 Å². The Labute approximate surface area is 220 Å². The highest BCUT2D eigenvalue weighted by molar-refractivity contribution is 6.81. The number of aromatic nitrogens is 1. The minimum absolute atomic E-state index is 0.378. The Morgan fingerprint density at radius 2 is 1.51 bits per heavy atom. The molecule has 37 heavy (non-hydrogen) atoms. The Balaban J connectivity index is 1.29. The molecule has 0 radical (unpaired) electrons. The second-order valence-corrected chi connectivity index (χ2v) is 16.8. The topological polar surface area (TPSA) is 8.17 Å². The first kappa shape index (κ1) is 21.7. The molecule has 2 heterocycles. The van der Waals surface area contributed by atoms with Gasteiger partial charge in [0.25, 0.3) is 0 Å². The van der Waals surface area contributed by atoms with E-state index in [9.17, 15) is 0 Å². The number of fused-ring (bicyclic) bond motifs is 10. The molecule has 4 aromatic rings. The molecule has 4 unspecified atom stereocenters. The first-order valence-corrected chi connectivity index (χ1v) is 16.7. The molecule has 3 aromatic carbocycles. The Morgan fingerprint density at radius 1 is 0.784 bits per heavy atom. The van der Waals surface area contributed by atoms with E-state index in [2.05, 4.69) is 134 Å². The van der Waals surface area contributed by atoms with E-state index in [1.165, 1.54) is 44.4 Å². The molecule has 0 N–H and O–H groups in total. The summed E-state index contributed by atoms with van der Waals surface area (Å²) in [5.41, 5.74) is 14.3. The van der Waals surface area contributed by atoms with E-state index in [0.29, 0.717) is 23.2 Å². The molecule has 4 atom stereocenters. The van der Waals surface area contributed by atoms with E-state index < -0.39 is 8.07 Å². The molecule has 0 amide bonds. The maximum atomic E-state index is 2.69. The van der Waals surface area contributed by atoms with Crippen molar-refractivity contribution in [3.8, 4) is 11.1 Å². The summed E-state index contributed by atoms with van der Waals surface area (Å²) >= 11 is 0. The van der Waals surface area contributed by atoms with Crippen LogP contribution >= 0.6 is 0 Å². The van der Waals surface area contributed by atoms with Crippen LogP contribution in [0.15, 0.2) is 102 Å². The number of allylic oxidation sites excluding steroid dienone is 2. The summed E-state index contributed by atoms with van der Waals surface area (Å²) in [5.74, 6) is 0. The van der Waals surface area contributed by atoms with Gasteiger partial charge in [-0.1, -0.05) is 98.1 Å². The smallest absolute Gasteiger partial charge is 0.0715 e. The van der Waals surface area contributed by atoms with Crippen LogP contribution in [0.4, 0.5) is 0 Å². The van der Waals surface area contributed by atoms with Crippen LogP contribution in [0.5, 0.6) is 0 Å². The molecular formula is C34H32N2Si. The molecule has 0 bridgehead atoms. The van der Waals surface area contributed by atoms with Crippen LogP contribution in [0.2, 0.25) is 18.6 Å². The molecule has 2 nitrogen and oxygen atoms in total. The van der Waals surface area contributed by atoms with Crippen molar-refractivity contribution in [2.45, 2.75) is 36.3 Å². The monoisotopic (exact) mass is 496 g/mol. The first-order valence-electron chi connectivity index (χ1n) is 13.6. The van der Waals surface area contributed by atoms with Crippen LogP contribution in [0.1, 0.15) is 34.0 Å².